The summed E-state index contributed by atoms with van der Waals surface area (Å²) in [5.74, 6) is 3.77. The van der Waals surface area contributed by atoms with Gasteiger partial charge < -0.3 is 0 Å². The minimum atomic E-state index is 0.497. The Morgan fingerprint density at radius 2 is 1.68 bits per heavy atom. The highest BCUT2D eigenvalue weighted by molar-refractivity contribution is 5.35. The Morgan fingerprint density at radius 1 is 0.929 bits per heavy atom. The second kappa shape index (κ2) is 9.19. The van der Waals surface area contributed by atoms with E-state index in [4.69, 9.17) is 0 Å². The molecule has 28 heavy (non-hydrogen) atoms. The largest absolute Gasteiger partial charge is 0.0956 e. The van der Waals surface area contributed by atoms with Gasteiger partial charge in [0.05, 0.1) is 0 Å². The topological polar surface area (TPSA) is 0 Å². The first-order valence-corrected chi connectivity index (χ1v) is 12.1. The van der Waals surface area contributed by atoms with Gasteiger partial charge in [-0.2, -0.15) is 0 Å². The highest BCUT2D eigenvalue weighted by atomic mass is 14.5. The average molecular weight is 381 g/mol. The molecule has 0 bridgehead atoms. The fraction of sp³-hybridized carbons (Fsp3) is 0.714. The standard InChI is InChI=1S/C28H44/c1-20(2)21(3)13-14-23(5)26-17-18-27-25(12-9-19-28(26,27)6)16-15-24-11-8-7-10-22(24)4/h13-16,20-21,23,26-27H,4,7-12,17-19H2,1-3,5-6H3/b14-13+,24-15-,25-16+/t21-,23+,26+,27-,28+/m0/s1. The summed E-state index contributed by atoms with van der Waals surface area (Å²) in [6.07, 6.45) is 22.0. The Hall–Kier alpha value is -1.04. The minimum absolute atomic E-state index is 0.497. The van der Waals surface area contributed by atoms with Crippen molar-refractivity contribution >= 4 is 0 Å². The van der Waals surface area contributed by atoms with Gasteiger partial charge in [-0.25, -0.2) is 0 Å². The lowest BCUT2D eigenvalue weighted by Crippen LogP contribution is -2.35. The van der Waals surface area contributed by atoms with Gasteiger partial charge in [0.2, 0.25) is 0 Å². The van der Waals surface area contributed by atoms with Crippen LogP contribution in [-0.4, -0.2) is 0 Å². The van der Waals surface area contributed by atoms with Gasteiger partial charge in [0.25, 0.3) is 0 Å². The maximum Gasteiger partial charge on any atom is -0.0143 e. The van der Waals surface area contributed by atoms with Gasteiger partial charge in [-0.3, -0.25) is 0 Å². The molecule has 5 atom stereocenters. The van der Waals surface area contributed by atoms with Crippen LogP contribution < -0.4 is 0 Å². The molecule has 0 amide bonds. The molecular weight excluding hydrogens is 336 g/mol. The third kappa shape index (κ3) is 4.58. The number of hydrogen-bond acceptors (Lipinski definition) is 0. The van der Waals surface area contributed by atoms with E-state index < -0.39 is 0 Å². The van der Waals surface area contributed by atoms with E-state index in [-0.39, 0.29) is 0 Å². The van der Waals surface area contributed by atoms with Crippen LogP contribution in [0.3, 0.4) is 0 Å². The van der Waals surface area contributed by atoms with Gasteiger partial charge in [0.15, 0.2) is 0 Å². The third-order valence-corrected chi connectivity index (χ3v) is 8.57. The molecule has 3 aliphatic rings. The van der Waals surface area contributed by atoms with E-state index in [0.29, 0.717) is 17.3 Å². The van der Waals surface area contributed by atoms with Crippen LogP contribution in [0.25, 0.3) is 0 Å². The fourth-order valence-corrected chi connectivity index (χ4v) is 6.25. The lowest BCUT2D eigenvalue weighted by atomic mass is 9.61. The van der Waals surface area contributed by atoms with Crippen molar-refractivity contribution < 1.29 is 0 Å². The van der Waals surface area contributed by atoms with Crippen LogP contribution in [0, 0.1) is 35.0 Å². The molecule has 0 saturated heterocycles. The second-order valence-corrected chi connectivity index (χ2v) is 10.7. The maximum absolute atomic E-state index is 4.32. The molecule has 3 saturated carbocycles. The molecule has 156 valence electrons. The summed E-state index contributed by atoms with van der Waals surface area (Å²) >= 11 is 0. The van der Waals surface area contributed by atoms with Crippen LogP contribution in [0.1, 0.15) is 92.4 Å². The van der Waals surface area contributed by atoms with Crippen molar-refractivity contribution in [3.05, 3.63) is 47.6 Å². The van der Waals surface area contributed by atoms with Crippen LogP contribution in [-0.2, 0) is 0 Å². The molecule has 0 aromatic carbocycles. The molecule has 3 fully saturated rings. The minimum Gasteiger partial charge on any atom is -0.0956 e. The Labute approximate surface area is 175 Å². The first-order valence-electron chi connectivity index (χ1n) is 12.1. The monoisotopic (exact) mass is 380 g/mol. The Kier molecular flexibility index (Phi) is 7.11. The first kappa shape index (κ1) is 21.7. The molecule has 0 spiro atoms. The van der Waals surface area contributed by atoms with Crippen LogP contribution in [0.4, 0.5) is 0 Å². The lowest BCUT2D eigenvalue weighted by Gasteiger charge is -2.44. The molecule has 3 aliphatic carbocycles. The zero-order valence-corrected chi connectivity index (χ0v) is 19.3. The van der Waals surface area contributed by atoms with Gasteiger partial charge in [0.1, 0.15) is 0 Å². The van der Waals surface area contributed by atoms with Crippen molar-refractivity contribution in [3.63, 3.8) is 0 Å². The zero-order valence-electron chi connectivity index (χ0n) is 19.3. The van der Waals surface area contributed by atoms with E-state index in [2.05, 4.69) is 65.5 Å². The van der Waals surface area contributed by atoms with E-state index in [1.54, 1.807) is 5.57 Å². The van der Waals surface area contributed by atoms with Crippen LogP contribution >= 0.6 is 0 Å². The molecular formula is C28H44. The summed E-state index contributed by atoms with van der Waals surface area (Å²) < 4.78 is 0. The number of rotatable bonds is 5. The van der Waals surface area contributed by atoms with E-state index >= 15 is 0 Å². The third-order valence-electron chi connectivity index (χ3n) is 8.57. The first-order chi connectivity index (χ1) is 13.3. The van der Waals surface area contributed by atoms with Gasteiger partial charge in [-0.1, -0.05) is 76.6 Å². The molecule has 0 aliphatic heterocycles. The molecule has 3 rings (SSSR count). The molecule has 0 radical (unpaired) electrons. The lowest BCUT2D eigenvalue weighted by molar-refractivity contribution is 0.112. The molecule has 0 N–H and O–H groups in total. The van der Waals surface area contributed by atoms with Gasteiger partial charge in [-0.15, -0.1) is 0 Å². The molecule has 0 nitrogen and oxygen atoms in total. The Balaban J connectivity index is 1.74. The maximum atomic E-state index is 4.32. The summed E-state index contributed by atoms with van der Waals surface area (Å²) in [6.45, 7) is 16.4. The molecule has 0 aromatic rings. The highest BCUT2D eigenvalue weighted by Gasteiger charge is 2.50. The Morgan fingerprint density at radius 3 is 2.39 bits per heavy atom. The number of allylic oxidation sites excluding steroid dienone is 7. The normalized spacial score (nSPS) is 36.4. The van der Waals surface area contributed by atoms with Gasteiger partial charge in [-0.05, 0) is 98.4 Å². The van der Waals surface area contributed by atoms with Crippen LogP contribution in [0.15, 0.2) is 47.6 Å². The molecule has 0 unspecified atom stereocenters. The molecule has 0 heteroatoms. The van der Waals surface area contributed by atoms with E-state index in [1.807, 2.05) is 0 Å². The van der Waals surface area contributed by atoms with Crippen molar-refractivity contribution in [2.24, 2.45) is 35.0 Å². The highest BCUT2D eigenvalue weighted by Crippen LogP contribution is 2.59. The smallest absolute Gasteiger partial charge is 0.0143 e. The van der Waals surface area contributed by atoms with Gasteiger partial charge >= 0.3 is 0 Å². The van der Waals surface area contributed by atoms with Gasteiger partial charge in [0, 0.05) is 0 Å². The number of fused-ring (bicyclic) bond motifs is 1. The quantitative estimate of drug-likeness (QED) is 0.418. The predicted octanol–water partition coefficient (Wildman–Crippen LogP) is 8.67. The zero-order chi connectivity index (χ0) is 20.3. The summed E-state index contributed by atoms with van der Waals surface area (Å²) in [5.41, 5.74) is 5.16. The second-order valence-electron chi connectivity index (χ2n) is 10.7. The predicted molar refractivity (Wildman–Crippen MR) is 124 cm³/mol. The van der Waals surface area contributed by atoms with Crippen molar-refractivity contribution in [3.8, 4) is 0 Å². The van der Waals surface area contributed by atoms with E-state index in [9.17, 15) is 0 Å². The average Bonchev–Trinajstić information content (AvgIpc) is 3.02. The SMILES string of the molecule is C=C1CCCC/C1=C/C=C1\CCC[C@]2(C)[C@@H]([C@H](C)/C=C/[C@H](C)C(C)C)CC[C@@H]12. The van der Waals surface area contributed by atoms with E-state index in [0.717, 1.165) is 17.8 Å². The van der Waals surface area contributed by atoms with Crippen LogP contribution in [0.2, 0.25) is 0 Å². The van der Waals surface area contributed by atoms with Crippen LogP contribution in [0.5, 0.6) is 0 Å². The summed E-state index contributed by atoms with van der Waals surface area (Å²) in [7, 11) is 0. The van der Waals surface area contributed by atoms with Crippen molar-refractivity contribution in [1.29, 1.82) is 0 Å². The van der Waals surface area contributed by atoms with E-state index in [1.165, 1.54) is 68.9 Å². The molecule has 0 aromatic heterocycles. The summed E-state index contributed by atoms with van der Waals surface area (Å²) in [6, 6.07) is 0. The van der Waals surface area contributed by atoms with Crippen molar-refractivity contribution in [2.45, 2.75) is 92.4 Å². The Bertz CT molecular complexity index is 643. The van der Waals surface area contributed by atoms with Crippen molar-refractivity contribution in [2.75, 3.05) is 0 Å². The number of hydrogen-bond donors (Lipinski definition) is 0. The van der Waals surface area contributed by atoms with Crippen molar-refractivity contribution in [1.82, 2.24) is 0 Å². The summed E-state index contributed by atoms with van der Waals surface area (Å²) in [4.78, 5) is 0. The fourth-order valence-electron chi connectivity index (χ4n) is 6.25. The summed E-state index contributed by atoms with van der Waals surface area (Å²) in [5, 5.41) is 0. The molecule has 0 heterocycles.